The fourth-order valence-corrected chi connectivity index (χ4v) is 1.64. The molecule has 0 aliphatic heterocycles. The third-order valence-corrected chi connectivity index (χ3v) is 2.60. The molecule has 0 saturated carbocycles. The van der Waals surface area contributed by atoms with Crippen LogP contribution in [0.2, 0.25) is 0 Å². The van der Waals surface area contributed by atoms with Gasteiger partial charge in [0, 0.05) is 6.42 Å². The average molecular weight is 375 g/mol. The summed E-state index contributed by atoms with van der Waals surface area (Å²) in [6.45, 7) is 10.2. The van der Waals surface area contributed by atoms with Gasteiger partial charge >= 0.3 is 11.9 Å². The van der Waals surface area contributed by atoms with Crippen molar-refractivity contribution in [3.63, 3.8) is 0 Å². The number of nitrogens with two attached hydrogens (primary N) is 1. The summed E-state index contributed by atoms with van der Waals surface area (Å²) in [4.78, 5) is 45.4. The molecule has 0 aromatic rings. The van der Waals surface area contributed by atoms with E-state index in [2.05, 4.69) is 0 Å². The topological polar surface area (TPSA) is 131 Å². The molecule has 0 saturated heterocycles. The van der Waals surface area contributed by atoms with E-state index in [1.807, 2.05) is 0 Å². The van der Waals surface area contributed by atoms with Crippen LogP contribution in [0.5, 0.6) is 0 Å². The van der Waals surface area contributed by atoms with Crippen LogP contribution in [0.1, 0.15) is 54.4 Å². The van der Waals surface area contributed by atoms with Crippen molar-refractivity contribution in [2.75, 3.05) is 0 Å². The highest BCUT2D eigenvalue weighted by Crippen LogP contribution is 2.13. The average Bonchev–Trinajstić information content (AvgIpc) is 2.48. The van der Waals surface area contributed by atoms with Crippen LogP contribution < -0.4 is 5.73 Å². The van der Waals surface area contributed by atoms with E-state index in [1.165, 1.54) is 0 Å². The molecular formula is C17H29NO8. The fraction of sp³-hybridized carbons (Fsp3) is 0.765. The quantitative estimate of drug-likeness (QED) is 0.335. The van der Waals surface area contributed by atoms with E-state index >= 15 is 0 Å². The summed E-state index contributed by atoms with van der Waals surface area (Å²) in [5, 5.41) is 0. The van der Waals surface area contributed by atoms with E-state index in [9.17, 15) is 19.2 Å². The van der Waals surface area contributed by atoms with E-state index in [4.69, 9.17) is 24.7 Å². The van der Waals surface area contributed by atoms with E-state index in [-0.39, 0.29) is 12.8 Å². The molecule has 0 heterocycles. The number of ether oxygens (including phenoxy) is 4. The molecule has 0 aromatic heterocycles. The minimum atomic E-state index is -1.39. The van der Waals surface area contributed by atoms with Crippen molar-refractivity contribution in [3.05, 3.63) is 0 Å². The number of rotatable bonds is 10. The van der Waals surface area contributed by atoms with E-state index in [0.29, 0.717) is 12.6 Å². The molecule has 0 fully saturated rings. The van der Waals surface area contributed by atoms with Crippen molar-refractivity contribution in [3.8, 4) is 0 Å². The highest BCUT2D eigenvalue weighted by molar-refractivity contribution is 5.78. The molecule has 2 N–H and O–H groups in total. The molecular weight excluding hydrogens is 346 g/mol. The summed E-state index contributed by atoms with van der Waals surface area (Å²) in [6.07, 6.45) is -2.37. The van der Waals surface area contributed by atoms with Crippen LogP contribution in [0.3, 0.4) is 0 Å². The minimum absolute atomic E-state index is 0.0974. The lowest BCUT2D eigenvalue weighted by Gasteiger charge is -2.25. The normalized spacial score (nSPS) is 15.5. The van der Waals surface area contributed by atoms with Crippen LogP contribution in [0.4, 0.5) is 0 Å². The first-order valence-electron chi connectivity index (χ1n) is 8.19. The Morgan fingerprint density at radius 1 is 0.885 bits per heavy atom. The Hall–Kier alpha value is -1.84. The monoisotopic (exact) mass is 375 g/mol. The Morgan fingerprint density at radius 3 is 1.69 bits per heavy atom. The van der Waals surface area contributed by atoms with E-state index < -0.39 is 41.8 Å². The van der Waals surface area contributed by atoms with Gasteiger partial charge < -0.3 is 24.7 Å². The first-order chi connectivity index (χ1) is 11.8. The molecule has 9 nitrogen and oxygen atoms in total. The third-order valence-electron chi connectivity index (χ3n) is 2.60. The third kappa shape index (κ3) is 11.7. The van der Waals surface area contributed by atoms with Crippen molar-refractivity contribution in [1.82, 2.24) is 0 Å². The second kappa shape index (κ2) is 10.3. The van der Waals surface area contributed by atoms with Crippen molar-refractivity contribution in [2.24, 2.45) is 5.73 Å². The Balaban J connectivity index is 4.43. The molecule has 0 aliphatic rings. The molecule has 0 spiro atoms. The lowest BCUT2D eigenvalue weighted by molar-refractivity contribution is -0.200. The molecule has 0 bridgehead atoms. The standard InChI is InChI=1S/C17H29NO8/c1-16(2,3)25-13(9-19)23-12(21)8-7-11(18)15(22)24-14(10-20)26-17(4,5)6/h9-11,13-14H,7-8,18H2,1-6H3/t11-,13?,14?/m0/s1. The van der Waals surface area contributed by atoms with Gasteiger partial charge in [-0.2, -0.15) is 0 Å². The number of esters is 2. The van der Waals surface area contributed by atoms with Gasteiger partial charge in [-0.25, -0.2) is 0 Å². The van der Waals surface area contributed by atoms with Crippen molar-refractivity contribution in [1.29, 1.82) is 0 Å². The summed E-state index contributed by atoms with van der Waals surface area (Å²) in [5.41, 5.74) is 4.27. The SMILES string of the molecule is CC(C)(C)OC(C=O)OC(=O)CC[C@H](N)C(=O)OC(C=O)OC(C)(C)C. The smallest absolute Gasteiger partial charge is 0.325 e. The van der Waals surface area contributed by atoms with Crippen molar-refractivity contribution < 1.29 is 38.1 Å². The lowest BCUT2D eigenvalue weighted by Crippen LogP contribution is -2.39. The maximum Gasteiger partial charge on any atom is 0.325 e. The van der Waals surface area contributed by atoms with Crippen LogP contribution in [-0.4, -0.2) is 54.3 Å². The Bertz CT molecular complexity index is 492. The Morgan fingerprint density at radius 2 is 1.31 bits per heavy atom. The van der Waals surface area contributed by atoms with Gasteiger partial charge in [-0.1, -0.05) is 0 Å². The summed E-state index contributed by atoms with van der Waals surface area (Å²) < 4.78 is 20.2. The molecule has 3 atom stereocenters. The van der Waals surface area contributed by atoms with Crippen LogP contribution >= 0.6 is 0 Å². The molecule has 26 heavy (non-hydrogen) atoms. The highest BCUT2D eigenvalue weighted by atomic mass is 16.7. The zero-order valence-electron chi connectivity index (χ0n) is 16.1. The van der Waals surface area contributed by atoms with Gasteiger partial charge in [0.15, 0.2) is 12.6 Å². The van der Waals surface area contributed by atoms with Crippen LogP contribution in [0.15, 0.2) is 0 Å². The fourth-order valence-electron chi connectivity index (χ4n) is 1.64. The number of hydrogen-bond donors (Lipinski definition) is 1. The maximum atomic E-state index is 11.9. The molecule has 0 amide bonds. The summed E-state index contributed by atoms with van der Waals surface area (Å²) in [6, 6.07) is -1.16. The summed E-state index contributed by atoms with van der Waals surface area (Å²) in [7, 11) is 0. The zero-order chi connectivity index (χ0) is 20.5. The number of hydrogen-bond acceptors (Lipinski definition) is 9. The first kappa shape index (κ1) is 24.2. The van der Waals surface area contributed by atoms with Crippen molar-refractivity contribution in [2.45, 2.75) is 84.2 Å². The zero-order valence-corrected chi connectivity index (χ0v) is 16.1. The second-order valence-electron chi connectivity index (χ2n) is 7.54. The van der Waals surface area contributed by atoms with Crippen molar-refractivity contribution >= 4 is 24.5 Å². The number of aldehydes is 2. The Kier molecular flexibility index (Phi) is 9.61. The molecule has 0 aliphatic carbocycles. The predicted molar refractivity (Wildman–Crippen MR) is 90.8 cm³/mol. The minimum Gasteiger partial charge on any atom is -0.428 e. The molecule has 2 unspecified atom stereocenters. The highest BCUT2D eigenvalue weighted by Gasteiger charge is 2.26. The van der Waals surface area contributed by atoms with Gasteiger partial charge in [-0.3, -0.25) is 19.2 Å². The lowest BCUT2D eigenvalue weighted by atomic mass is 10.2. The summed E-state index contributed by atoms with van der Waals surface area (Å²) >= 11 is 0. The molecule has 9 heteroatoms. The van der Waals surface area contributed by atoms with Gasteiger partial charge in [-0.15, -0.1) is 0 Å². The first-order valence-corrected chi connectivity index (χ1v) is 8.19. The number of carbonyl (C=O) groups is 4. The predicted octanol–water partition coefficient (Wildman–Crippen LogP) is 0.861. The molecule has 0 aromatic carbocycles. The summed E-state index contributed by atoms with van der Waals surface area (Å²) in [5.74, 6) is -1.65. The van der Waals surface area contributed by atoms with Crippen LogP contribution in [0.25, 0.3) is 0 Å². The van der Waals surface area contributed by atoms with Gasteiger partial charge in [0.25, 0.3) is 12.6 Å². The van der Waals surface area contributed by atoms with Gasteiger partial charge in [0.1, 0.15) is 6.04 Å². The number of carbonyl (C=O) groups excluding carboxylic acids is 4. The van der Waals surface area contributed by atoms with Gasteiger partial charge in [-0.05, 0) is 48.0 Å². The van der Waals surface area contributed by atoms with Gasteiger partial charge in [0.05, 0.1) is 11.2 Å². The molecule has 0 rings (SSSR count). The molecule has 0 radical (unpaired) electrons. The molecule has 150 valence electrons. The maximum absolute atomic E-state index is 11.9. The van der Waals surface area contributed by atoms with Gasteiger partial charge in [0.2, 0.25) is 0 Å². The van der Waals surface area contributed by atoms with E-state index in [1.54, 1.807) is 41.5 Å². The second-order valence-corrected chi connectivity index (χ2v) is 7.54. The van der Waals surface area contributed by atoms with E-state index in [0.717, 1.165) is 0 Å². The van der Waals surface area contributed by atoms with Crippen LogP contribution in [-0.2, 0) is 38.1 Å². The Labute approximate surface area is 153 Å². The van der Waals surface area contributed by atoms with Crippen LogP contribution in [0, 0.1) is 0 Å². The largest absolute Gasteiger partial charge is 0.428 e.